The van der Waals surface area contributed by atoms with Gasteiger partial charge in [0.15, 0.2) is 0 Å². The molecule has 0 bridgehead atoms. The highest BCUT2D eigenvalue weighted by molar-refractivity contribution is 5.83. The Morgan fingerprint density at radius 1 is 1.03 bits per heavy atom. The monoisotopic (exact) mass is 395 g/mol. The lowest BCUT2D eigenvalue weighted by Gasteiger charge is -2.30. The van der Waals surface area contributed by atoms with Crippen molar-refractivity contribution < 1.29 is 9.53 Å². The van der Waals surface area contributed by atoms with Gasteiger partial charge in [0.25, 0.3) is 0 Å². The first-order valence-electron chi connectivity index (χ1n) is 10.6. The lowest BCUT2D eigenvalue weighted by Crippen LogP contribution is -2.41. The number of nitrogens with one attached hydrogen (secondary N) is 1. The van der Waals surface area contributed by atoms with Crippen molar-refractivity contribution in [1.29, 1.82) is 0 Å². The van der Waals surface area contributed by atoms with Gasteiger partial charge in [-0.2, -0.15) is 0 Å². The van der Waals surface area contributed by atoms with Crippen molar-refractivity contribution in [1.82, 2.24) is 15.1 Å². The minimum Gasteiger partial charge on any atom is -0.494 e. The van der Waals surface area contributed by atoms with Gasteiger partial charge in [0.1, 0.15) is 11.8 Å². The molecule has 2 aromatic carbocycles. The fraction of sp³-hybridized carbons (Fsp3) is 0.458. The zero-order valence-electron chi connectivity index (χ0n) is 17.8. The lowest BCUT2D eigenvalue weighted by molar-refractivity contribution is -0.126. The summed E-state index contributed by atoms with van der Waals surface area (Å²) in [4.78, 5) is 17.5. The number of likely N-dealkylation sites (tertiary alicyclic amines) is 1. The van der Waals surface area contributed by atoms with Crippen LogP contribution < -0.4 is 10.1 Å². The molecule has 5 nitrogen and oxygen atoms in total. The predicted octanol–water partition coefficient (Wildman–Crippen LogP) is 3.64. The summed E-state index contributed by atoms with van der Waals surface area (Å²) in [6, 6.07) is 18.1. The van der Waals surface area contributed by atoms with Gasteiger partial charge in [0.2, 0.25) is 5.91 Å². The molecule has 2 aromatic rings. The number of hydrogen-bond donors (Lipinski definition) is 1. The Hall–Kier alpha value is -2.37. The van der Waals surface area contributed by atoms with Gasteiger partial charge in [-0.05, 0) is 70.2 Å². The first kappa shape index (κ1) is 21.3. The molecule has 1 aliphatic rings. The van der Waals surface area contributed by atoms with E-state index in [9.17, 15) is 4.79 Å². The highest BCUT2D eigenvalue weighted by atomic mass is 16.5. The van der Waals surface area contributed by atoms with Crippen LogP contribution in [-0.4, -0.2) is 56.0 Å². The topological polar surface area (TPSA) is 44.8 Å². The number of rotatable bonds is 9. The van der Waals surface area contributed by atoms with Gasteiger partial charge in [-0.1, -0.05) is 42.5 Å². The SMILES string of the molecule is CCOc1ccc(C(CNC(=O)C(c2ccccc2)N(C)C)N2CCCC2)cc1. The number of ether oxygens (including phenoxy) is 1. The standard InChI is InChI=1S/C24H33N3O2/c1-4-29-21-14-12-19(13-15-21)22(27-16-8-9-17-27)18-25-24(28)23(26(2)3)20-10-6-5-7-11-20/h5-7,10-15,22-23H,4,8-9,16-18H2,1-3H3,(H,25,28). The second-order valence-electron chi connectivity index (χ2n) is 7.78. The zero-order chi connectivity index (χ0) is 20.6. The van der Waals surface area contributed by atoms with E-state index < -0.39 is 0 Å². The predicted molar refractivity (Wildman–Crippen MR) is 117 cm³/mol. The third-order valence-electron chi connectivity index (χ3n) is 5.51. The van der Waals surface area contributed by atoms with Gasteiger partial charge in [-0.25, -0.2) is 0 Å². The lowest BCUT2D eigenvalue weighted by atomic mass is 10.0. The summed E-state index contributed by atoms with van der Waals surface area (Å²) in [5.74, 6) is 0.925. The quantitative estimate of drug-likeness (QED) is 0.704. The summed E-state index contributed by atoms with van der Waals surface area (Å²) in [6.45, 7) is 5.40. The molecule has 0 saturated carbocycles. The summed E-state index contributed by atoms with van der Waals surface area (Å²) < 4.78 is 5.58. The maximum atomic E-state index is 13.1. The van der Waals surface area contributed by atoms with Crippen LogP contribution in [0.5, 0.6) is 5.75 Å². The number of likely N-dealkylation sites (N-methyl/N-ethyl adjacent to an activating group) is 1. The summed E-state index contributed by atoms with van der Waals surface area (Å²) in [7, 11) is 3.89. The average Bonchev–Trinajstić information content (AvgIpc) is 3.25. The van der Waals surface area contributed by atoms with Crippen LogP contribution in [0.2, 0.25) is 0 Å². The average molecular weight is 396 g/mol. The maximum absolute atomic E-state index is 13.1. The molecule has 156 valence electrons. The second-order valence-corrected chi connectivity index (χ2v) is 7.78. The second kappa shape index (κ2) is 10.4. The summed E-state index contributed by atoms with van der Waals surface area (Å²) in [6.07, 6.45) is 2.43. The van der Waals surface area contributed by atoms with Crippen molar-refractivity contribution in [2.45, 2.75) is 31.8 Å². The van der Waals surface area contributed by atoms with E-state index in [4.69, 9.17) is 4.74 Å². The van der Waals surface area contributed by atoms with Gasteiger partial charge in [0, 0.05) is 6.54 Å². The van der Waals surface area contributed by atoms with Crippen LogP contribution in [0.4, 0.5) is 0 Å². The van der Waals surface area contributed by atoms with Crippen LogP contribution in [-0.2, 0) is 4.79 Å². The van der Waals surface area contributed by atoms with E-state index in [1.165, 1.54) is 18.4 Å². The van der Waals surface area contributed by atoms with Crippen molar-refractivity contribution in [2.75, 3.05) is 40.3 Å². The van der Waals surface area contributed by atoms with Gasteiger partial charge in [-0.15, -0.1) is 0 Å². The normalized spacial score (nSPS) is 16.6. The van der Waals surface area contributed by atoms with Crippen LogP contribution in [0.1, 0.15) is 43.0 Å². The molecule has 0 radical (unpaired) electrons. The molecule has 1 saturated heterocycles. The Balaban J connectivity index is 1.73. The van der Waals surface area contributed by atoms with Crippen LogP contribution in [0, 0.1) is 0 Å². The van der Waals surface area contributed by atoms with E-state index in [1.807, 2.05) is 68.4 Å². The molecular formula is C24H33N3O2. The first-order valence-corrected chi connectivity index (χ1v) is 10.6. The summed E-state index contributed by atoms with van der Waals surface area (Å²) in [5.41, 5.74) is 2.23. The van der Waals surface area contributed by atoms with E-state index in [2.05, 4.69) is 22.3 Å². The van der Waals surface area contributed by atoms with Crippen LogP contribution >= 0.6 is 0 Å². The Labute approximate surface area is 174 Å². The number of carbonyl (C=O) groups excluding carboxylic acids is 1. The molecule has 0 spiro atoms. The smallest absolute Gasteiger partial charge is 0.242 e. The Morgan fingerprint density at radius 2 is 1.69 bits per heavy atom. The van der Waals surface area contributed by atoms with Gasteiger partial charge in [0.05, 0.1) is 12.6 Å². The molecule has 1 amide bonds. The fourth-order valence-corrected chi connectivity index (χ4v) is 4.08. The molecule has 1 heterocycles. The van der Waals surface area contributed by atoms with Crippen molar-refractivity contribution in [3.05, 3.63) is 65.7 Å². The molecule has 1 fully saturated rings. The fourth-order valence-electron chi connectivity index (χ4n) is 4.08. The van der Waals surface area contributed by atoms with E-state index >= 15 is 0 Å². The Kier molecular flexibility index (Phi) is 7.67. The number of amides is 1. The van der Waals surface area contributed by atoms with E-state index in [0.29, 0.717) is 13.2 Å². The van der Waals surface area contributed by atoms with Gasteiger partial charge < -0.3 is 10.1 Å². The minimum absolute atomic E-state index is 0.0383. The summed E-state index contributed by atoms with van der Waals surface area (Å²) in [5, 5.41) is 3.22. The van der Waals surface area contributed by atoms with Crippen molar-refractivity contribution in [3.63, 3.8) is 0 Å². The number of nitrogens with zero attached hydrogens (tertiary/aromatic N) is 2. The van der Waals surface area contributed by atoms with E-state index in [0.717, 1.165) is 24.4 Å². The highest BCUT2D eigenvalue weighted by Crippen LogP contribution is 2.27. The Bertz CT molecular complexity index is 755. The van der Waals surface area contributed by atoms with Crippen molar-refractivity contribution in [3.8, 4) is 5.75 Å². The molecule has 2 atom stereocenters. The number of hydrogen-bond acceptors (Lipinski definition) is 4. The maximum Gasteiger partial charge on any atom is 0.242 e. The van der Waals surface area contributed by atoms with Crippen molar-refractivity contribution in [2.24, 2.45) is 0 Å². The first-order chi connectivity index (χ1) is 14.1. The molecule has 0 aliphatic carbocycles. The van der Waals surface area contributed by atoms with Gasteiger partial charge in [-0.3, -0.25) is 14.6 Å². The van der Waals surface area contributed by atoms with E-state index in [1.54, 1.807) is 0 Å². The molecule has 3 rings (SSSR count). The molecule has 1 N–H and O–H groups in total. The van der Waals surface area contributed by atoms with Crippen molar-refractivity contribution >= 4 is 5.91 Å². The number of benzene rings is 2. The van der Waals surface area contributed by atoms with Crippen LogP contribution in [0.25, 0.3) is 0 Å². The minimum atomic E-state index is -0.296. The largest absolute Gasteiger partial charge is 0.494 e. The highest BCUT2D eigenvalue weighted by Gasteiger charge is 2.27. The molecular weight excluding hydrogens is 362 g/mol. The molecule has 2 unspecified atom stereocenters. The summed E-state index contributed by atoms with van der Waals surface area (Å²) >= 11 is 0. The zero-order valence-corrected chi connectivity index (χ0v) is 17.8. The molecule has 5 heteroatoms. The molecule has 29 heavy (non-hydrogen) atoms. The van der Waals surface area contributed by atoms with E-state index in [-0.39, 0.29) is 18.0 Å². The molecule has 1 aliphatic heterocycles. The molecule has 0 aromatic heterocycles. The third-order valence-corrected chi connectivity index (χ3v) is 5.51. The van der Waals surface area contributed by atoms with Gasteiger partial charge >= 0.3 is 0 Å². The van der Waals surface area contributed by atoms with Crippen LogP contribution in [0.15, 0.2) is 54.6 Å². The number of carbonyl (C=O) groups is 1. The Morgan fingerprint density at radius 3 is 2.28 bits per heavy atom. The third kappa shape index (κ3) is 5.58. The van der Waals surface area contributed by atoms with Crippen LogP contribution in [0.3, 0.4) is 0 Å².